The van der Waals surface area contributed by atoms with Gasteiger partial charge in [-0.25, -0.2) is 0 Å². The number of rotatable bonds is 3. The zero-order valence-corrected chi connectivity index (χ0v) is 9.01. The van der Waals surface area contributed by atoms with E-state index in [9.17, 15) is 4.79 Å². The maximum atomic E-state index is 11.7. The van der Waals surface area contributed by atoms with Crippen LogP contribution in [0.5, 0.6) is 0 Å². The summed E-state index contributed by atoms with van der Waals surface area (Å²) in [5.41, 5.74) is 0.0448. The lowest BCUT2D eigenvalue weighted by Gasteiger charge is -2.20. The molecule has 2 aliphatic rings. The van der Waals surface area contributed by atoms with Crippen molar-refractivity contribution in [3.05, 3.63) is 0 Å². The molecule has 2 rings (SSSR count). The van der Waals surface area contributed by atoms with E-state index in [0.29, 0.717) is 0 Å². The van der Waals surface area contributed by atoms with Gasteiger partial charge in [-0.3, -0.25) is 4.79 Å². The monoisotopic (exact) mass is 199 g/mol. The molecule has 1 aliphatic carbocycles. The molecule has 1 heterocycles. The van der Waals surface area contributed by atoms with Crippen molar-refractivity contribution in [3.63, 3.8) is 0 Å². The summed E-state index contributed by atoms with van der Waals surface area (Å²) >= 11 is 0. The van der Waals surface area contributed by atoms with Gasteiger partial charge in [-0.2, -0.15) is 0 Å². The maximum Gasteiger partial charge on any atom is 0.223 e. The highest BCUT2D eigenvalue weighted by Gasteiger charge is 2.54. The third-order valence-corrected chi connectivity index (χ3v) is 3.55. The molecule has 3 heteroatoms. The second-order valence-corrected chi connectivity index (χ2v) is 4.57. The SMILES string of the molecule is CCC(C)C(=O)NC1CCOC12CC2.[HH]. The van der Waals surface area contributed by atoms with E-state index in [2.05, 4.69) is 5.32 Å². The standard InChI is InChI=1S/C11H19NO2.H2/c1-3-8(2)10(13)12-9-4-7-14-11(9)5-6-11;/h8-9H,3-7H2,1-2H3,(H,12,13);1H. The van der Waals surface area contributed by atoms with Crippen molar-refractivity contribution in [1.82, 2.24) is 5.32 Å². The molecular formula is C11H21NO2. The van der Waals surface area contributed by atoms with Gasteiger partial charge in [-0.15, -0.1) is 0 Å². The Morgan fingerprint density at radius 2 is 2.43 bits per heavy atom. The number of carbonyl (C=O) groups excluding carboxylic acids is 1. The molecular weight excluding hydrogens is 178 g/mol. The van der Waals surface area contributed by atoms with Gasteiger partial charge < -0.3 is 10.1 Å². The molecule has 3 nitrogen and oxygen atoms in total. The van der Waals surface area contributed by atoms with Crippen molar-refractivity contribution in [2.45, 2.75) is 51.2 Å². The van der Waals surface area contributed by atoms with E-state index in [-0.39, 0.29) is 24.9 Å². The Hall–Kier alpha value is -0.570. The van der Waals surface area contributed by atoms with Gasteiger partial charge in [0.1, 0.15) is 0 Å². The Labute approximate surface area is 86.7 Å². The molecule has 0 bridgehead atoms. The van der Waals surface area contributed by atoms with E-state index in [0.717, 1.165) is 32.3 Å². The van der Waals surface area contributed by atoms with Crippen molar-refractivity contribution in [3.8, 4) is 0 Å². The summed E-state index contributed by atoms with van der Waals surface area (Å²) in [7, 11) is 0. The maximum absolute atomic E-state index is 11.7. The second kappa shape index (κ2) is 3.54. The number of hydrogen-bond donors (Lipinski definition) is 1. The lowest BCUT2D eigenvalue weighted by molar-refractivity contribution is -0.125. The molecule has 1 saturated heterocycles. The summed E-state index contributed by atoms with van der Waals surface area (Å²) in [6.07, 6.45) is 4.14. The first-order valence-corrected chi connectivity index (χ1v) is 5.62. The van der Waals surface area contributed by atoms with Gasteiger partial charge in [0.15, 0.2) is 0 Å². The molecule has 0 radical (unpaired) electrons. The number of amides is 1. The van der Waals surface area contributed by atoms with Gasteiger partial charge in [0.05, 0.1) is 11.6 Å². The highest BCUT2D eigenvalue weighted by Crippen LogP contribution is 2.47. The quantitative estimate of drug-likeness (QED) is 0.751. The van der Waals surface area contributed by atoms with Crippen LogP contribution in [0.1, 0.15) is 41.0 Å². The molecule has 1 saturated carbocycles. The minimum atomic E-state index is 0. The van der Waals surface area contributed by atoms with Crippen LogP contribution in [0, 0.1) is 5.92 Å². The Balaban J connectivity index is 0.00000112. The van der Waals surface area contributed by atoms with Crippen molar-refractivity contribution < 1.29 is 11.0 Å². The normalized spacial score (nSPS) is 30.3. The van der Waals surface area contributed by atoms with E-state index in [4.69, 9.17) is 4.74 Å². The number of carbonyl (C=O) groups is 1. The highest BCUT2D eigenvalue weighted by atomic mass is 16.5. The topological polar surface area (TPSA) is 38.3 Å². The predicted octanol–water partition coefficient (Wildman–Crippen LogP) is 1.72. The average molecular weight is 199 g/mol. The van der Waals surface area contributed by atoms with Gasteiger partial charge in [0.2, 0.25) is 5.91 Å². The van der Waals surface area contributed by atoms with Crippen LogP contribution in [0.3, 0.4) is 0 Å². The third-order valence-electron chi connectivity index (χ3n) is 3.55. The van der Waals surface area contributed by atoms with Crippen LogP contribution in [0.4, 0.5) is 0 Å². The van der Waals surface area contributed by atoms with Gasteiger partial charge in [0, 0.05) is 14.0 Å². The lowest BCUT2D eigenvalue weighted by Crippen LogP contribution is -2.43. The van der Waals surface area contributed by atoms with Crippen LogP contribution in [-0.4, -0.2) is 24.2 Å². The molecule has 2 unspecified atom stereocenters. The van der Waals surface area contributed by atoms with E-state index >= 15 is 0 Å². The zero-order valence-electron chi connectivity index (χ0n) is 9.01. The molecule has 2 atom stereocenters. The van der Waals surface area contributed by atoms with Crippen LogP contribution in [0.15, 0.2) is 0 Å². The van der Waals surface area contributed by atoms with Crippen molar-refractivity contribution in [1.29, 1.82) is 0 Å². The lowest BCUT2D eigenvalue weighted by atomic mass is 10.1. The summed E-state index contributed by atoms with van der Waals surface area (Å²) in [4.78, 5) is 11.7. The molecule has 14 heavy (non-hydrogen) atoms. The molecule has 82 valence electrons. The largest absolute Gasteiger partial charge is 0.373 e. The average Bonchev–Trinajstić information content (AvgIpc) is 2.85. The first kappa shape index (κ1) is 9.97. The number of ether oxygens (including phenoxy) is 1. The smallest absolute Gasteiger partial charge is 0.223 e. The third kappa shape index (κ3) is 1.65. The first-order valence-electron chi connectivity index (χ1n) is 5.62. The summed E-state index contributed by atoms with van der Waals surface area (Å²) in [5, 5.41) is 3.12. The van der Waals surface area contributed by atoms with Crippen LogP contribution in [0.2, 0.25) is 0 Å². The van der Waals surface area contributed by atoms with Crippen molar-refractivity contribution >= 4 is 5.91 Å². The van der Waals surface area contributed by atoms with E-state index in [1.165, 1.54) is 0 Å². The van der Waals surface area contributed by atoms with E-state index < -0.39 is 0 Å². The summed E-state index contributed by atoms with van der Waals surface area (Å²) in [6, 6.07) is 0.281. The molecule has 1 aliphatic heterocycles. The van der Waals surface area contributed by atoms with Crippen molar-refractivity contribution in [2.75, 3.05) is 6.61 Å². The highest BCUT2D eigenvalue weighted by molar-refractivity contribution is 5.78. The fourth-order valence-corrected chi connectivity index (χ4v) is 2.06. The summed E-state index contributed by atoms with van der Waals surface area (Å²) in [6.45, 7) is 4.83. The molecule has 0 aromatic heterocycles. The first-order chi connectivity index (χ1) is 6.68. The van der Waals surface area contributed by atoms with E-state index in [1.54, 1.807) is 0 Å². The molecule has 1 amide bonds. The van der Waals surface area contributed by atoms with Crippen LogP contribution in [-0.2, 0) is 9.53 Å². The Morgan fingerprint density at radius 3 is 3.00 bits per heavy atom. The van der Waals surface area contributed by atoms with E-state index in [1.807, 2.05) is 13.8 Å². The Bertz CT molecular complexity index is 241. The Morgan fingerprint density at radius 1 is 1.71 bits per heavy atom. The van der Waals surface area contributed by atoms with Gasteiger partial charge in [-0.05, 0) is 25.7 Å². The molecule has 0 aromatic carbocycles. The number of hydrogen-bond acceptors (Lipinski definition) is 2. The fraction of sp³-hybridized carbons (Fsp3) is 0.909. The van der Waals surface area contributed by atoms with Crippen LogP contribution in [0.25, 0.3) is 0 Å². The summed E-state index contributed by atoms with van der Waals surface area (Å²) in [5.74, 6) is 0.320. The molecule has 1 spiro atoms. The fourth-order valence-electron chi connectivity index (χ4n) is 2.06. The van der Waals surface area contributed by atoms with Gasteiger partial charge in [0.25, 0.3) is 0 Å². The summed E-state index contributed by atoms with van der Waals surface area (Å²) < 4.78 is 5.66. The minimum absolute atomic E-state index is 0. The molecule has 1 N–H and O–H groups in total. The zero-order chi connectivity index (χ0) is 10.2. The number of nitrogens with one attached hydrogen (secondary N) is 1. The van der Waals surface area contributed by atoms with Crippen molar-refractivity contribution in [2.24, 2.45) is 5.92 Å². The second-order valence-electron chi connectivity index (χ2n) is 4.57. The van der Waals surface area contributed by atoms with Crippen LogP contribution >= 0.6 is 0 Å². The Kier molecular flexibility index (Phi) is 2.52. The minimum Gasteiger partial charge on any atom is -0.373 e. The van der Waals surface area contributed by atoms with Crippen LogP contribution < -0.4 is 5.32 Å². The molecule has 2 fully saturated rings. The predicted molar refractivity (Wildman–Crippen MR) is 56.0 cm³/mol. The van der Waals surface area contributed by atoms with Gasteiger partial charge in [-0.1, -0.05) is 13.8 Å². The molecule has 0 aromatic rings. The van der Waals surface area contributed by atoms with Gasteiger partial charge >= 0.3 is 0 Å².